The van der Waals surface area contributed by atoms with Crippen molar-refractivity contribution in [1.82, 2.24) is 5.32 Å². The zero-order valence-electron chi connectivity index (χ0n) is 12.5. The number of hydrogen-bond acceptors (Lipinski definition) is 3. The highest BCUT2D eigenvalue weighted by atomic mass is 35.5. The van der Waals surface area contributed by atoms with Crippen molar-refractivity contribution in [2.75, 3.05) is 11.9 Å². The van der Waals surface area contributed by atoms with Crippen LogP contribution in [0.1, 0.15) is 49.4 Å². The molecule has 0 spiro atoms. The van der Waals surface area contributed by atoms with E-state index in [0.29, 0.717) is 22.7 Å². The van der Waals surface area contributed by atoms with Crippen molar-refractivity contribution in [3.8, 4) is 0 Å². The summed E-state index contributed by atoms with van der Waals surface area (Å²) in [5, 5.41) is 7.42. The number of halogens is 1. The monoisotopic (exact) mass is 309 g/mol. The van der Waals surface area contributed by atoms with E-state index < -0.39 is 5.91 Å². The summed E-state index contributed by atoms with van der Waals surface area (Å²) in [6, 6.07) is 6.20. The van der Waals surface area contributed by atoms with Crippen LogP contribution in [0.2, 0.25) is 5.02 Å². The highest BCUT2D eigenvalue weighted by Gasteiger charge is 2.15. The molecule has 1 aromatic rings. The molecule has 0 aliphatic carbocycles. The lowest BCUT2D eigenvalue weighted by Gasteiger charge is -2.22. The van der Waals surface area contributed by atoms with Gasteiger partial charge in [-0.2, -0.15) is 0 Å². The maximum absolute atomic E-state index is 11.3. The van der Waals surface area contributed by atoms with Gasteiger partial charge in [0.25, 0.3) is 0 Å². The van der Waals surface area contributed by atoms with Gasteiger partial charge >= 0.3 is 0 Å². The number of hydrogen-bond donors (Lipinski definition) is 3. The van der Waals surface area contributed by atoms with E-state index in [0.717, 1.165) is 18.7 Å². The third-order valence-electron chi connectivity index (χ3n) is 3.95. The summed E-state index contributed by atoms with van der Waals surface area (Å²) in [4.78, 5) is 11.3. The summed E-state index contributed by atoms with van der Waals surface area (Å²) in [5.74, 6) is -0.498. The normalized spacial score (nSPS) is 20.6. The minimum absolute atomic E-state index is 0.322. The molecule has 1 fully saturated rings. The topological polar surface area (TPSA) is 67.2 Å². The van der Waals surface area contributed by atoms with Crippen molar-refractivity contribution < 1.29 is 4.79 Å². The zero-order valence-corrected chi connectivity index (χ0v) is 13.2. The molecule has 1 aliphatic rings. The number of benzene rings is 1. The summed E-state index contributed by atoms with van der Waals surface area (Å²) >= 11 is 5.96. The van der Waals surface area contributed by atoms with Crippen LogP contribution in [0, 0.1) is 0 Å². The van der Waals surface area contributed by atoms with Crippen LogP contribution in [-0.2, 0) is 0 Å². The molecular weight excluding hydrogens is 286 g/mol. The SMILES string of the molecule is CC(CC1CCCCCN1)Nc1ccc(Cl)c(C(N)=O)c1. The third-order valence-corrected chi connectivity index (χ3v) is 4.27. The average molecular weight is 310 g/mol. The zero-order chi connectivity index (χ0) is 15.2. The molecule has 0 aromatic heterocycles. The molecule has 1 aliphatic heterocycles. The van der Waals surface area contributed by atoms with Crippen LogP contribution < -0.4 is 16.4 Å². The van der Waals surface area contributed by atoms with E-state index >= 15 is 0 Å². The van der Waals surface area contributed by atoms with E-state index in [1.165, 1.54) is 25.7 Å². The maximum atomic E-state index is 11.3. The highest BCUT2D eigenvalue weighted by molar-refractivity contribution is 6.33. The van der Waals surface area contributed by atoms with Crippen molar-refractivity contribution in [2.24, 2.45) is 5.73 Å². The fraction of sp³-hybridized carbons (Fsp3) is 0.562. The number of amides is 1. The van der Waals surface area contributed by atoms with Gasteiger partial charge in [-0.05, 0) is 50.9 Å². The van der Waals surface area contributed by atoms with E-state index in [1.807, 2.05) is 6.07 Å². The maximum Gasteiger partial charge on any atom is 0.250 e. The Morgan fingerprint density at radius 3 is 3.05 bits per heavy atom. The first kappa shape index (κ1) is 16.1. The number of anilines is 1. The highest BCUT2D eigenvalue weighted by Crippen LogP contribution is 2.22. The van der Waals surface area contributed by atoms with E-state index in [4.69, 9.17) is 17.3 Å². The summed E-state index contributed by atoms with van der Waals surface area (Å²) in [6.07, 6.45) is 6.20. The fourth-order valence-corrected chi connectivity index (χ4v) is 3.09. The van der Waals surface area contributed by atoms with Crippen molar-refractivity contribution in [1.29, 1.82) is 0 Å². The largest absolute Gasteiger partial charge is 0.383 e. The van der Waals surface area contributed by atoms with Gasteiger partial charge in [-0.15, -0.1) is 0 Å². The van der Waals surface area contributed by atoms with Gasteiger partial charge < -0.3 is 16.4 Å². The molecule has 2 rings (SSSR count). The number of primary amides is 1. The molecule has 116 valence electrons. The van der Waals surface area contributed by atoms with Crippen LogP contribution in [-0.4, -0.2) is 24.5 Å². The molecule has 5 heteroatoms. The molecule has 1 amide bonds. The second-order valence-electron chi connectivity index (χ2n) is 5.84. The van der Waals surface area contributed by atoms with Gasteiger partial charge in [-0.25, -0.2) is 0 Å². The first-order chi connectivity index (χ1) is 10.1. The molecule has 4 nitrogen and oxygen atoms in total. The Hall–Kier alpha value is -1.26. The Bertz CT molecular complexity index is 484. The Kier molecular flexibility index (Phi) is 5.88. The molecule has 2 unspecified atom stereocenters. The molecule has 1 aromatic carbocycles. The fourth-order valence-electron chi connectivity index (χ4n) is 2.88. The summed E-state index contributed by atoms with van der Waals surface area (Å²) in [5.41, 5.74) is 6.57. The van der Waals surface area contributed by atoms with Crippen molar-refractivity contribution >= 4 is 23.2 Å². The molecule has 1 saturated heterocycles. The van der Waals surface area contributed by atoms with Crippen LogP contribution in [0.4, 0.5) is 5.69 Å². The Balaban J connectivity index is 1.94. The molecule has 21 heavy (non-hydrogen) atoms. The van der Waals surface area contributed by atoms with E-state index in [-0.39, 0.29) is 0 Å². The second kappa shape index (κ2) is 7.66. The molecule has 0 bridgehead atoms. The summed E-state index contributed by atoms with van der Waals surface area (Å²) in [6.45, 7) is 3.27. The van der Waals surface area contributed by atoms with E-state index in [1.54, 1.807) is 12.1 Å². The van der Waals surface area contributed by atoms with Gasteiger partial charge in [0.15, 0.2) is 0 Å². The van der Waals surface area contributed by atoms with Crippen LogP contribution in [0.15, 0.2) is 18.2 Å². The first-order valence-corrected chi connectivity index (χ1v) is 8.03. The van der Waals surface area contributed by atoms with Crippen molar-refractivity contribution in [3.63, 3.8) is 0 Å². The lowest BCUT2D eigenvalue weighted by molar-refractivity contribution is 0.100. The first-order valence-electron chi connectivity index (χ1n) is 7.65. The smallest absolute Gasteiger partial charge is 0.250 e. The molecule has 0 saturated carbocycles. The van der Waals surface area contributed by atoms with Gasteiger partial charge in [0.05, 0.1) is 10.6 Å². The van der Waals surface area contributed by atoms with Gasteiger partial charge in [0, 0.05) is 17.8 Å². The number of nitrogens with two attached hydrogens (primary N) is 1. The third kappa shape index (κ3) is 4.90. The van der Waals surface area contributed by atoms with Crippen LogP contribution in [0.5, 0.6) is 0 Å². The molecule has 2 atom stereocenters. The average Bonchev–Trinajstić information content (AvgIpc) is 2.69. The summed E-state index contributed by atoms with van der Waals surface area (Å²) < 4.78 is 0. The van der Waals surface area contributed by atoms with Crippen LogP contribution in [0.3, 0.4) is 0 Å². The Morgan fingerprint density at radius 2 is 2.29 bits per heavy atom. The standard InChI is InChI=1S/C16H24ClN3O/c1-11(9-12-5-3-2-4-8-19-12)20-13-6-7-15(17)14(10-13)16(18)21/h6-7,10-12,19-20H,2-5,8-9H2,1H3,(H2,18,21). The van der Waals surface area contributed by atoms with Gasteiger partial charge in [-0.1, -0.05) is 24.4 Å². The number of carbonyl (C=O) groups is 1. The quantitative estimate of drug-likeness (QED) is 0.782. The molecular formula is C16H24ClN3O. The second-order valence-corrected chi connectivity index (χ2v) is 6.25. The number of nitrogens with one attached hydrogen (secondary N) is 2. The van der Waals surface area contributed by atoms with Crippen LogP contribution >= 0.6 is 11.6 Å². The van der Waals surface area contributed by atoms with Gasteiger partial charge in [0.2, 0.25) is 5.91 Å². The molecule has 1 heterocycles. The van der Waals surface area contributed by atoms with Crippen LogP contribution in [0.25, 0.3) is 0 Å². The van der Waals surface area contributed by atoms with E-state index in [9.17, 15) is 4.79 Å². The predicted molar refractivity (Wildman–Crippen MR) is 87.9 cm³/mol. The molecule has 4 N–H and O–H groups in total. The van der Waals surface area contributed by atoms with Gasteiger partial charge in [-0.3, -0.25) is 4.79 Å². The van der Waals surface area contributed by atoms with E-state index in [2.05, 4.69) is 17.6 Å². The Morgan fingerprint density at radius 1 is 1.48 bits per heavy atom. The number of carbonyl (C=O) groups excluding carboxylic acids is 1. The lowest BCUT2D eigenvalue weighted by atomic mass is 10.0. The summed E-state index contributed by atoms with van der Waals surface area (Å²) in [7, 11) is 0. The predicted octanol–water partition coefficient (Wildman–Crippen LogP) is 3.16. The lowest BCUT2D eigenvalue weighted by Crippen LogP contribution is -2.33. The van der Waals surface area contributed by atoms with Crippen molar-refractivity contribution in [3.05, 3.63) is 28.8 Å². The molecule has 0 radical (unpaired) electrons. The van der Waals surface area contributed by atoms with Gasteiger partial charge in [0.1, 0.15) is 0 Å². The minimum Gasteiger partial charge on any atom is -0.383 e. The minimum atomic E-state index is -0.498. The van der Waals surface area contributed by atoms with Crippen molar-refractivity contribution in [2.45, 2.75) is 51.1 Å². The Labute approximate surface area is 131 Å². The number of rotatable bonds is 5.